The molecule has 0 radical (unpaired) electrons. The van der Waals surface area contributed by atoms with Crippen molar-refractivity contribution in [3.8, 4) is 5.75 Å². The van der Waals surface area contributed by atoms with Gasteiger partial charge in [0, 0.05) is 18.7 Å². The van der Waals surface area contributed by atoms with Crippen molar-refractivity contribution in [2.45, 2.75) is 12.8 Å². The molecular weight excluding hydrogens is 204 g/mol. The number of benzene rings is 1. The summed E-state index contributed by atoms with van der Waals surface area (Å²) in [5, 5.41) is 8.49. The Balaban J connectivity index is 2.57. The maximum absolute atomic E-state index is 13.1. The fourth-order valence-corrected chi connectivity index (χ4v) is 1.05. The van der Waals surface area contributed by atoms with Crippen LogP contribution < -0.4 is 10.5 Å². The van der Waals surface area contributed by atoms with Crippen LogP contribution >= 0.6 is 0 Å². The highest BCUT2D eigenvalue weighted by Crippen LogP contribution is 2.22. The number of aliphatic hydroxyl groups is 1. The van der Waals surface area contributed by atoms with E-state index < -0.39 is 11.6 Å². The van der Waals surface area contributed by atoms with E-state index in [1.165, 1.54) is 0 Å². The van der Waals surface area contributed by atoms with Gasteiger partial charge in [-0.15, -0.1) is 0 Å². The molecular formula is C10H13F2NO2. The van der Waals surface area contributed by atoms with Crippen molar-refractivity contribution in [2.75, 3.05) is 18.9 Å². The monoisotopic (exact) mass is 217 g/mol. The smallest absolute Gasteiger partial charge is 0.167 e. The Morgan fingerprint density at radius 1 is 1.20 bits per heavy atom. The summed E-state index contributed by atoms with van der Waals surface area (Å²) in [4.78, 5) is 0. The van der Waals surface area contributed by atoms with Crippen molar-refractivity contribution >= 4 is 5.69 Å². The van der Waals surface area contributed by atoms with Crippen LogP contribution in [0.4, 0.5) is 14.5 Å². The number of anilines is 1. The second kappa shape index (κ2) is 5.50. The zero-order valence-corrected chi connectivity index (χ0v) is 8.17. The molecule has 84 valence electrons. The molecule has 0 spiro atoms. The predicted octanol–water partition coefficient (Wildman–Crippen LogP) is 1.70. The summed E-state index contributed by atoms with van der Waals surface area (Å²) in [5.74, 6) is -1.54. The molecule has 3 N–H and O–H groups in total. The van der Waals surface area contributed by atoms with Crippen LogP contribution in [0.25, 0.3) is 0 Å². The molecule has 1 aromatic rings. The maximum Gasteiger partial charge on any atom is 0.167 e. The molecule has 0 aliphatic carbocycles. The summed E-state index contributed by atoms with van der Waals surface area (Å²) >= 11 is 0. The van der Waals surface area contributed by atoms with Gasteiger partial charge in [0.15, 0.2) is 11.6 Å². The second-order valence-electron chi connectivity index (χ2n) is 3.08. The fraction of sp³-hybridized carbons (Fsp3) is 0.400. The molecule has 5 heteroatoms. The molecule has 1 aromatic carbocycles. The Kier molecular flexibility index (Phi) is 4.30. The lowest BCUT2D eigenvalue weighted by Gasteiger charge is -2.07. The van der Waals surface area contributed by atoms with Crippen LogP contribution in [-0.4, -0.2) is 18.3 Å². The Hall–Kier alpha value is -1.36. The van der Waals surface area contributed by atoms with Crippen LogP contribution in [-0.2, 0) is 0 Å². The maximum atomic E-state index is 13.1. The third-order valence-corrected chi connectivity index (χ3v) is 1.86. The van der Waals surface area contributed by atoms with Gasteiger partial charge in [-0.05, 0) is 12.8 Å². The topological polar surface area (TPSA) is 55.5 Å². The quantitative estimate of drug-likeness (QED) is 0.583. The number of hydrogen-bond donors (Lipinski definition) is 2. The van der Waals surface area contributed by atoms with E-state index in [1.807, 2.05) is 0 Å². The summed E-state index contributed by atoms with van der Waals surface area (Å²) in [6, 6.07) is 1.81. The van der Waals surface area contributed by atoms with E-state index in [0.29, 0.717) is 12.8 Å². The highest BCUT2D eigenvalue weighted by Gasteiger charge is 2.08. The van der Waals surface area contributed by atoms with Gasteiger partial charge >= 0.3 is 0 Å². The van der Waals surface area contributed by atoms with Crippen LogP contribution in [0.15, 0.2) is 12.1 Å². The number of aliphatic hydroxyl groups excluding tert-OH is 1. The summed E-state index contributed by atoms with van der Waals surface area (Å²) < 4.78 is 31.0. The summed E-state index contributed by atoms with van der Waals surface area (Å²) in [6.07, 6.45) is 1.15. The number of rotatable bonds is 5. The van der Waals surface area contributed by atoms with Crippen molar-refractivity contribution in [2.24, 2.45) is 0 Å². The number of ether oxygens (including phenoxy) is 1. The van der Waals surface area contributed by atoms with Gasteiger partial charge in [-0.3, -0.25) is 0 Å². The Morgan fingerprint density at radius 2 is 1.93 bits per heavy atom. The average molecular weight is 217 g/mol. The lowest BCUT2D eigenvalue weighted by Crippen LogP contribution is -2.02. The zero-order chi connectivity index (χ0) is 11.3. The molecule has 0 bridgehead atoms. The van der Waals surface area contributed by atoms with Gasteiger partial charge in [-0.1, -0.05) is 0 Å². The summed E-state index contributed by atoms with van der Waals surface area (Å²) in [6.45, 7) is 0.294. The van der Waals surface area contributed by atoms with E-state index in [9.17, 15) is 8.78 Å². The van der Waals surface area contributed by atoms with Gasteiger partial charge in [0.2, 0.25) is 0 Å². The van der Waals surface area contributed by atoms with Crippen LogP contribution in [0.2, 0.25) is 0 Å². The van der Waals surface area contributed by atoms with E-state index in [4.69, 9.17) is 15.6 Å². The number of nitrogen functional groups attached to an aromatic ring is 1. The van der Waals surface area contributed by atoms with Gasteiger partial charge in [0.1, 0.15) is 5.82 Å². The zero-order valence-electron chi connectivity index (χ0n) is 8.17. The van der Waals surface area contributed by atoms with Crippen molar-refractivity contribution < 1.29 is 18.6 Å². The van der Waals surface area contributed by atoms with Crippen LogP contribution in [0.5, 0.6) is 5.75 Å². The highest BCUT2D eigenvalue weighted by atomic mass is 19.1. The third kappa shape index (κ3) is 3.36. The molecule has 0 atom stereocenters. The first-order valence-corrected chi connectivity index (χ1v) is 4.63. The van der Waals surface area contributed by atoms with Crippen LogP contribution in [0.1, 0.15) is 12.8 Å². The van der Waals surface area contributed by atoms with E-state index in [-0.39, 0.29) is 24.7 Å². The summed E-state index contributed by atoms with van der Waals surface area (Å²) in [5.41, 5.74) is 4.92. The normalized spacial score (nSPS) is 10.3. The van der Waals surface area contributed by atoms with E-state index in [0.717, 1.165) is 12.1 Å². The van der Waals surface area contributed by atoms with Crippen molar-refractivity contribution in [1.82, 2.24) is 0 Å². The molecule has 1 rings (SSSR count). The Morgan fingerprint density at radius 3 is 2.60 bits per heavy atom. The third-order valence-electron chi connectivity index (χ3n) is 1.86. The van der Waals surface area contributed by atoms with E-state index in [2.05, 4.69) is 0 Å². The van der Waals surface area contributed by atoms with Crippen molar-refractivity contribution in [1.29, 1.82) is 0 Å². The predicted molar refractivity (Wildman–Crippen MR) is 52.6 cm³/mol. The lowest BCUT2D eigenvalue weighted by atomic mass is 10.3. The summed E-state index contributed by atoms with van der Waals surface area (Å²) in [7, 11) is 0. The minimum absolute atomic E-state index is 0.0575. The Bertz CT molecular complexity index is 331. The number of nitrogens with two attached hydrogens (primary N) is 1. The number of unbranched alkanes of at least 4 members (excludes halogenated alkanes) is 1. The minimum Gasteiger partial charge on any atom is -0.490 e. The fourth-order valence-electron chi connectivity index (χ4n) is 1.05. The molecule has 3 nitrogen and oxygen atoms in total. The van der Waals surface area contributed by atoms with Gasteiger partial charge in [0.05, 0.1) is 12.3 Å². The first-order chi connectivity index (χ1) is 7.15. The van der Waals surface area contributed by atoms with Gasteiger partial charge in [-0.2, -0.15) is 0 Å². The first-order valence-electron chi connectivity index (χ1n) is 4.63. The standard InChI is InChI=1S/C10H13F2NO2/c11-7-6-10(8(12)5-9(7)13)15-4-2-1-3-14/h5-6,14H,1-4,13H2. The minimum atomic E-state index is -0.700. The highest BCUT2D eigenvalue weighted by molar-refractivity contribution is 5.44. The molecule has 0 heterocycles. The molecule has 0 saturated carbocycles. The van der Waals surface area contributed by atoms with Crippen molar-refractivity contribution in [3.63, 3.8) is 0 Å². The molecule has 0 aliphatic heterocycles. The first kappa shape index (κ1) is 11.7. The SMILES string of the molecule is Nc1cc(F)c(OCCCCO)cc1F. The molecule has 0 aliphatic rings. The molecule has 0 saturated heterocycles. The van der Waals surface area contributed by atoms with Crippen molar-refractivity contribution in [3.05, 3.63) is 23.8 Å². The van der Waals surface area contributed by atoms with Gasteiger partial charge in [-0.25, -0.2) is 8.78 Å². The average Bonchev–Trinajstić information content (AvgIpc) is 2.20. The van der Waals surface area contributed by atoms with Crippen LogP contribution in [0.3, 0.4) is 0 Å². The van der Waals surface area contributed by atoms with E-state index >= 15 is 0 Å². The van der Waals surface area contributed by atoms with Gasteiger partial charge < -0.3 is 15.6 Å². The van der Waals surface area contributed by atoms with Gasteiger partial charge in [0.25, 0.3) is 0 Å². The largest absolute Gasteiger partial charge is 0.490 e. The number of hydrogen-bond acceptors (Lipinski definition) is 3. The molecule has 0 unspecified atom stereocenters. The van der Waals surface area contributed by atoms with E-state index in [1.54, 1.807) is 0 Å². The lowest BCUT2D eigenvalue weighted by molar-refractivity contribution is 0.248. The molecule has 0 amide bonds. The number of halogens is 2. The van der Waals surface area contributed by atoms with Crippen LogP contribution in [0, 0.1) is 11.6 Å². The molecule has 15 heavy (non-hydrogen) atoms. The molecule has 0 fully saturated rings. The second-order valence-corrected chi connectivity index (χ2v) is 3.08. The Labute approximate surface area is 86.5 Å². The molecule has 0 aromatic heterocycles.